The van der Waals surface area contributed by atoms with Gasteiger partial charge in [0.05, 0.1) is 0 Å². The quantitative estimate of drug-likeness (QED) is 0.829. The maximum atomic E-state index is 12.9. The van der Waals surface area contributed by atoms with E-state index in [1.807, 2.05) is 6.92 Å². The van der Waals surface area contributed by atoms with Crippen LogP contribution in [0.5, 0.6) is 0 Å². The number of aromatic nitrogens is 4. The highest BCUT2D eigenvalue weighted by molar-refractivity contribution is 5.82. The Labute approximate surface area is 147 Å². The van der Waals surface area contributed by atoms with Crippen LogP contribution in [0.1, 0.15) is 31.4 Å². The van der Waals surface area contributed by atoms with Gasteiger partial charge in [-0.05, 0) is 31.6 Å². The van der Waals surface area contributed by atoms with E-state index in [-0.39, 0.29) is 0 Å². The summed E-state index contributed by atoms with van der Waals surface area (Å²) in [5, 5.41) is 4.30. The van der Waals surface area contributed by atoms with Gasteiger partial charge in [0.1, 0.15) is 12.1 Å². The molecule has 7 nitrogen and oxygen atoms in total. The Balaban J connectivity index is 1.28. The summed E-state index contributed by atoms with van der Waals surface area (Å²) in [5.74, 6) is 3.78. The van der Waals surface area contributed by atoms with Crippen LogP contribution in [0, 0.1) is 24.7 Å². The number of fused-ring (bicyclic) bond motifs is 2. The molecule has 0 aromatic carbocycles. The Morgan fingerprint density at radius 1 is 1.12 bits per heavy atom. The summed E-state index contributed by atoms with van der Waals surface area (Å²) in [5.41, 5.74) is 0.941. The fourth-order valence-corrected chi connectivity index (χ4v) is 4.86. The lowest BCUT2D eigenvalue weighted by atomic mass is 10.0. The molecule has 1 amide bonds. The summed E-state index contributed by atoms with van der Waals surface area (Å²) in [6, 6.07) is 2.05. The van der Waals surface area contributed by atoms with Crippen LogP contribution in [0.4, 0.5) is 5.82 Å². The number of rotatable bonds is 2. The number of carbonyl (C=O) groups excluding carboxylic acids is 1. The zero-order valence-electron chi connectivity index (χ0n) is 14.6. The van der Waals surface area contributed by atoms with Crippen LogP contribution in [0.3, 0.4) is 0 Å². The predicted octanol–water partition coefficient (Wildman–Crippen LogP) is 1.52. The van der Waals surface area contributed by atoms with Gasteiger partial charge in [-0.1, -0.05) is 12.8 Å². The smallest absolute Gasteiger partial charge is 0.254 e. The zero-order valence-corrected chi connectivity index (χ0v) is 14.6. The van der Waals surface area contributed by atoms with Crippen LogP contribution in [-0.2, 0) is 4.79 Å². The van der Waals surface area contributed by atoms with Crippen molar-refractivity contribution in [3.05, 3.63) is 18.1 Å². The fourth-order valence-electron chi connectivity index (χ4n) is 4.86. The molecule has 132 valence electrons. The van der Waals surface area contributed by atoms with E-state index in [4.69, 9.17) is 0 Å². The van der Waals surface area contributed by atoms with Crippen molar-refractivity contribution < 1.29 is 4.79 Å². The molecule has 3 fully saturated rings. The molecule has 2 saturated carbocycles. The molecular formula is C18H24N6O. The van der Waals surface area contributed by atoms with Gasteiger partial charge < -0.3 is 9.80 Å². The normalized spacial score (nSPS) is 28.9. The van der Waals surface area contributed by atoms with Crippen molar-refractivity contribution in [1.82, 2.24) is 24.5 Å². The topological polar surface area (TPSA) is 66.6 Å². The SMILES string of the molecule is Cc1cc(N2CCN(C(=O)C3[C@H]4CCCC[C@@H]34)CC2)n2ncnc2n1. The monoisotopic (exact) mass is 340 g/mol. The lowest BCUT2D eigenvalue weighted by molar-refractivity contribution is -0.133. The van der Waals surface area contributed by atoms with Crippen molar-refractivity contribution in [2.75, 3.05) is 31.1 Å². The molecular weight excluding hydrogens is 316 g/mol. The third-order valence-corrected chi connectivity index (χ3v) is 6.22. The number of anilines is 1. The van der Waals surface area contributed by atoms with Gasteiger partial charge in [0, 0.05) is 43.9 Å². The minimum absolute atomic E-state index is 0.333. The van der Waals surface area contributed by atoms with Gasteiger partial charge in [-0.15, -0.1) is 0 Å². The molecule has 2 aromatic heterocycles. The van der Waals surface area contributed by atoms with Gasteiger partial charge in [-0.25, -0.2) is 4.98 Å². The molecule has 2 aromatic rings. The molecule has 7 heteroatoms. The first-order valence-corrected chi connectivity index (χ1v) is 9.43. The largest absolute Gasteiger partial charge is 0.353 e. The number of nitrogens with zero attached hydrogens (tertiary/aromatic N) is 6. The zero-order chi connectivity index (χ0) is 17.0. The molecule has 2 aliphatic carbocycles. The first kappa shape index (κ1) is 15.1. The average Bonchev–Trinajstić information content (AvgIpc) is 3.18. The standard InChI is InChI=1S/C18H24N6O/c1-12-10-15(24-18(21-12)19-11-20-24)22-6-8-23(9-7-22)17(25)16-13-4-2-3-5-14(13)16/h10-11,13-14,16H,2-9H2,1H3/t13-,14+,16?. The molecule has 3 aliphatic rings. The van der Waals surface area contributed by atoms with E-state index in [2.05, 4.69) is 30.9 Å². The molecule has 0 spiro atoms. The van der Waals surface area contributed by atoms with E-state index < -0.39 is 0 Å². The second-order valence-corrected chi connectivity index (χ2v) is 7.68. The highest BCUT2D eigenvalue weighted by atomic mass is 16.2. The van der Waals surface area contributed by atoms with Crippen molar-refractivity contribution in [2.45, 2.75) is 32.6 Å². The first-order chi connectivity index (χ1) is 12.2. The van der Waals surface area contributed by atoms with Crippen LogP contribution in [0.25, 0.3) is 5.78 Å². The second kappa shape index (κ2) is 5.68. The molecule has 0 bridgehead atoms. The van der Waals surface area contributed by atoms with E-state index in [0.717, 1.165) is 37.7 Å². The van der Waals surface area contributed by atoms with E-state index in [1.165, 1.54) is 25.7 Å². The van der Waals surface area contributed by atoms with Crippen LogP contribution < -0.4 is 4.90 Å². The molecule has 25 heavy (non-hydrogen) atoms. The van der Waals surface area contributed by atoms with Crippen LogP contribution in [-0.4, -0.2) is 56.6 Å². The van der Waals surface area contributed by atoms with E-state index in [9.17, 15) is 4.79 Å². The number of amides is 1. The first-order valence-electron chi connectivity index (χ1n) is 9.43. The van der Waals surface area contributed by atoms with Crippen molar-refractivity contribution >= 4 is 17.5 Å². The highest BCUT2D eigenvalue weighted by Crippen LogP contribution is 2.56. The van der Waals surface area contributed by atoms with Gasteiger partial charge in [-0.3, -0.25) is 4.79 Å². The van der Waals surface area contributed by atoms with Crippen molar-refractivity contribution in [3.8, 4) is 0 Å². The van der Waals surface area contributed by atoms with Crippen molar-refractivity contribution in [2.24, 2.45) is 17.8 Å². The third-order valence-electron chi connectivity index (χ3n) is 6.22. The Hall–Kier alpha value is -2.18. The molecule has 0 radical (unpaired) electrons. The minimum Gasteiger partial charge on any atom is -0.353 e. The molecule has 3 atom stereocenters. The molecule has 1 aliphatic heterocycles. The molecule has 1 saturated heterocycles. The predicted molar refractivity (Wildman–Crippen MR) is 93.3 cm³/mol. The molecule has 0 N–H and O–H groups in total. The summed E-state index contributed by atoms with van der Waals surface area (Å²) in [6.07, 6.45) is 6.70. The fraction of sp³-hybridized carbons (Fsp3) is 0.667. The maximum Gasteiger partial charge on any atom is 0.254 e. The van der Waals surface area contributed by atoms with Crippen LogP contribution in [0.15, 0.2) is 12.4 Å². The molecule has 5 rings (SSSR count). The molecule has 1 unspecified atom stereocenters. The summed E-state index contributed by atoms with van der Waals surface area (Å²) >= 11 is 0. The Bertz CT molecular complexity index is 797. The Morgan fingerprint density at radius 3 is 2.56 bits per heavy atom. The Kier molecular flexibility index (Phi) is 3.43. The number of hydrogen-bond acceptors (Lipinski definition) is 5. The number of hydrogen-bond donors (Lipinski definition) is 0. The lowest BCUT2D eigenvalue weighted by Gasteiger charge is -2.36. The van der Waals surface area contributed by atoms with Crippen LogP contribution >= 0.6 is 0 Å². The summed E-state index contributed by atoms with van der Waals surface area (Å²) in [6.45, 7) is 5.25. The van der Waals surface area contributed by atoms with Gasteiger partial charge in [-0.2, -0.15) is 14.6 Å². The Morgan fingerprint density at radius 2 is 1.84 bits per heavy atom. The van der Waals surface area contributed by atoms with Crippen molar-refractivity contribution in [1.29, 1.82) is 0 Å². The van der Waals surface area contributed by atoms with Crippen LogP contribution in [0.2, 0.25) is 0 Å². The number of carbonyl (C=O) groups is 1. The van der Waals surface area contributed by atoms with Gasteiger partial charge in [0.2, 0.25) is 5.91 Å². The highest BCUT2D eigenvalue weighted by Gasteiger charge is 2.55. The lowest BCUT2D eigenvalue weighted by Crippen LogP contribution is -2.50. The van der Waals surface area contributed by atoms with E-state index in [0.29, 0.717) is 29.4 Å². The summed E-state index contributed by atoms with van der Waals surface area (Å²) in [7, 11) is 0. The van der Waals surface area contributed by atoms with Gasteiger partial charge >= 0.3 is 0 Å². The van der Waals surface area contributed by atoms with Crippen molar-refractivity contribution in [3.63, 3.8) is 0 Å². The number of aryl methyl sites for hydroxylation is 1. The third kappa shape index (κ3) is 2.48. The van der Waals surface area contributed by atoms with Gasteiger partial charge in [0.25, 0.3) is 5.78 Å². The number of piperazine rings is 1. The minimum atomic E-state index is 0.333. The second-order valence-electron chi connectivity index (χ2n) is 7.68. The summed E-state index contributed by atoms with van der Waals surface area (Å²) in [4.78, 5) is 25.9. The molecule has 3 heterocycles. The van der Waals surface area contributed by atoms with Gasteiger partial charge in [0.15, 0.2) is 0 Å². The summed E-state index contributed by atoms with van der Waals surface area (Å²) < 4.78 is 1.79. The average molecular weight is 340 g/mol. The van der Waals surface area contributed by atoms with E-state index >= 15 is 0 Å². The van der Waals surface area contributed by atoms with E-state index in [1.54, 1.807) is 10.8 Å². The maximum absolute atomic E-state index is 12.9.